The Balaban J connectivity index is 2.28. The largest absolute Gasteiger partial charge is 0.456 e. The lowest BCUT2D eigenvalue weighted by Crippen LogP contribution is -1.92. The molecule has 17 heavy (non-hydrogen) atoms. The third kappa shape index (κ3) is 2.81. The van der Waals surface area contributed by atoms with Crippen LogP contribution >= 0.6 is 23.2 Å². The highest BCUT2D eigenvalue weighted by Gasteiger charge is 2.06. The molecule has 1 heterocycles. The second-order valence-corrected chi connectivity index (χ2v) is 4.07. The van der Waals surface area contributed by atoms with Gasteiger partial charge in [0, 0.05) is 19.3 Å². The molecule has 0 spiro atoms. The smallest absolute Gasteiger partial charge is 0.147 e. The lowest BCUT2D eigenvalue weighted by molar-refractivity contribution is 0.482. The van der Waals surface area contributed by atoms with Crippen molar-refractivity contribution in [3.63, 3.8) is 0 Å². The van der Waals surface area contributed by atoms with Crippen molar-refractivity contribution < 1.29 is 4.74 Å². The summed E-state index contributed by atoms with van der Waals surface area (Å²) in [7, 11) is 1.79. The maximum Gasteiger partial charge on any atom is 0.147 e. The van der Waals surface area contributed by atoms with Crippen molar-refractivity contribution in [2.24, 2.45) is 0 Å². The quantitative estimate of drug-likeness (QED) is 0.905. The van der Waals surface area contributed by atoms with Crippen LogP contribution in [0.5, 0.6) is 11.5 Å². The number of hydrogen-bond donors (Lipinski definition) is 1. The number of anilines is 1. The van der Waals surface area contributed by atoms with Crippen LogP contribution in [0.3, 0.4) is 0 Å². The molecule has 1 aromatic carbocycles. The highest BCUT2D eigenvalue weighted by molar-refractivity contribution is 6.42. The van der Waals surface area contributed by atoms with Crippen LogP contribution in [0.2, 0.25) is 10.0 Å². The number of halogens is 2. The lowest BCUT2D eigenvalue weighted by atomic mass is 10.3. The molecule has 88 valence electrons. The van der Waals surface area contributed by atoms with E-state index < -0.39 is 0 Å². The molecule has 0 saturated heterocycles. The molecule has 0 atom stereocenters. The second kappa shape index (κ2) is 5.25. The van der Waals surface area contributed by atoms with Gasteiger partial charge in [-0.25, -0.2) is 4.98 Å². The third-order valence-corrected chi connectivity index (χ3v) is 2.93. The summed E-state index contributed by atoms with van der Waals surface area (Å²) in [4.78, 5) is 4.09. The molecule has 3 nitrogen and oxygen atoms in total. The maximum absolute atomic E-state index is 6.03. The zero-order valence-electron chi connectivity index (χ0n) is 9.08. The zero-order chi connectivity index (χ0) is 12.3. The minimum atomic E-state index is 0.400. The molecule has 0 aliphatic carbocycles. The minimum Gasteiger partial charge on any atom is -0.456 e. The Morgan fingerprint density at radius 3 is 2.82 bits per heavy atom. The Labute approximate surface area is 109 Å². The standard InChI is InChI=1S/C12H10Cl2N2O/c1-15-11-7-8(5-6-16-11)17-10-4-2-3-9(13)12(10)14/h2-7H,1H3,(H,15,16). The van der Waals surface area contributed by atoms with Gasteiger partial charge >= 0.3 is 0 Å². The van der Waals surface area contributed by atoms with Crippen LogP contribution in [0.4, 0.5) is 5.82 Å². The number of nitrogens with zero attached hydrogens (tertiary/aromatic N) is 1. The summed E-state index contributed by atoms with van der Waals surface area (Å²) in [6.07, 6.45) is 1.65. The van der Waals surface area contributed by atoms with Crippen molar-refractivity contribution in [2.75, 3.05) is 12.4 Å². The van der Waals surface area contributed by atoms with E-state index in [1.54, 1.807) is 43.6 Å². The highest BCUT2D eigenvalue weighted by atomic mass is 35.5. The summed E-state index contributed by atoms with van der Waals surface area (Å²) in [5.74, 6) is 1.89. The van der Waals surface area contributed by atoms with E-state index in [1.807, 2.05) is 0 Å². The summed E-state index contributed by atoms with van der Waals surface area (Å²) in [5.41, 5.74) is 0. The Morgan fingerprint density at radius 1 is 1.24 bits per heavy atom. The number of pyridine rings is 1. The van der Waals surface area contributed by atoms with E-state index in [0.29, 0.717) is 21.5 Å². The average Bonchev–Trinajstić information content (AvgIpc) is 2.35. The normalized spacial score (nSPS) is 10.1. The van der Waals surface area contributed by atoms with Gasteiger partial charge in [0.25, 0.3) is 0 Å². The van der Waals surface area contributed by atoms with Gasteiger partial charge in [-0.3, -0.25) is 0 Å². The summed E-state index contributed by atoms with van der Waals surface area (Å²) in [6, 6.07) is 8.77. The molecule has 0 unspecified atom stereocenters. The monoisotopic (exact) mass is 268 g/mol. The van der Waals surface area contributed by atoms with Crippen LogP contribution < -0.4 is 10.1 Å². The van der Waals surface area contributed by atoms with Gasteiger partial charge in [-0.1, -0.05) is 29.3 Å². The molecule has 0 bridgehead atoms. The van der Waals surface area contributed by atoms with Gasteiger partial charge in [-0.2, -0.15) is 0 Å². The zero-order valence-corrected chi connectivity index (χ0v) is 10.6. The first-order chi connectivity index (χ1) is 8.20. The molecule has 2 aromatic rings. The number of aromatic nitrogens is 1. The van der Waals surface area contributed by atoms with E-state index in [1.165, 1.54) is 0 Å². The van der Waals surface area contributed by atoms with Crippen molar-refractivity contribution in [1.29, 1.82) is 0 Å². The lowest BCUT2D eigenvalue weighted by Gasteiger charge is -2.09. The Bertz CT molecular complexity index is 532. The van der Waals surface area contributed by atoms with Crippen molar-refractivity contribution in [3.8, 4) is 11.5 Å². The Hall–Kier alpha value is -1.45. The van der Waals surface area contributed by atoms with Crippen LogP contribution in [0.15, 0.2) is 36.5 Å². The molecule has 0 amide bonds. The summed E-state index contributed by atoms with van der Waals surface area (Å²) < 4.78 is 5.64. The number of hydrogen-bond acceptors (Lipinski definition) is 3. The summed E-state index contributed by atoms with van der Waals surface area (Å²) in [5, 5.41) is 3.79. The van der Waals surface area contributed by atoms with E-state index in [2.05, 4.69) is 10.3 Å². The van der Waals surface area contributed by atoms with E-state index in [4.69, 9.17) is 27.9 Å². The molecule has 1 N–H and O–H groups in total. The summed E-state index contributed by atoms with van der Waals surface area (Å²) in [6.45, 7) is 0. The van der Waals surface area contributed by atoms with Gasteiger partial charge in [0.2, 0.25) is 0 Å². The maximum atomic E-state index is 6.03. The summed E-state index contributed by atoms with van der Waals surface area (Å²) >= 11 is 11.9. The Kier molecular flexibility index (Phi) is 3.71. The van der Waals surface area contributed by atoms with Crippen molar-refractivity contribution in [3.05, 3.63) is 46.6 Å². The Morgan fingerprint density at radius 2 is 2.06 bits per heavy atom. The van der Waals surface area contributed by atoms with Crippen LogP contribution in [0.25, 0.3) is 0 Å². The highest BCUT2D eigenvalue weighted by Crippen LogP contribution is 2.34. The molecule has 0 fully saturated rings. The molecule has 2 rings (SSSR count). The van der Waals surface area contributed by atoms with E-state index in [0.717, 1.165) is 5.82 Å². The molecule has 1 aromatic heterocycles. The molecular formula is C12H10Cl2N2O. The number of benzene rings is 1. The van der Waals surface area contributed by atoms with Gasteiger partial charge in [-0.05, 0) is 18.2 Å². The van der Waals surface area contributed by atoms with Crippen LogP contribution in [-0.4, -0.2) is 12.0 Å². The van der Waals surface area contributed by atoms with Crippen LogP contribution in [0.1, 0.15) is 0 Å². The van der Waals surface area contributed by atoms with Gasteiger partial charge in [0.1, 0.15) is 22.3 Å². The topological polar surface area (TPSA) is 34.1 Å². The number of ether oxygens (including phenoxy) is 1. The molecule has 0 aliphatic heterocycles. The minimum absolute atomic E-state index is 0.400. The SMILES string of the molecule is CNc1cc(Oc2cccc(Cl)c2Cl)ccn1. The van der Waals surface area contributed by atoms with Crippen molar-refractivity contribution in [1.82, 2.24) is 4.98 Å². The van der Waals surface area contributed by atoms with Crippen molar-refractivity contribution >= 4 is 29.0 Å². The number of rotatable bonds is 3. The first kappa shape index (κ1) is 12.0. The van der Waals surface area contributed by atoms with Crippen LogP contribution in [-0.2, 0) is 0 Å². The van der Waals surface area contributed by atoms with Gasteiger partial charge in [-0.15, -0.1) is 0 Å². The van der Waals surface area contributed by atoms with E-state index in [-0.39, 0.29) is 0 Å². The first-order valence-corrected chi connectivity index (χ1v) is 5.72. The second-order valence-electron chi connectivity index (χ2n) is 3.28. The number of nitrogens with one attached hydrogen (secondary N) is 1. The van der Waals surface area contributed by atoms with Gasteiger partial charge < -0.3 is 10.1 Å². The average molecular weight is 269 g/mol. The molecule has 0 aliphatic rings. The predicted octanol–water partition coefficient (Wildman–Crippen LogP) is 4.22. The fourth-order valence-corrected chi connectivity index (χ4v) is 1.63. The molecule has 0 radical (unpaired) electrons. The fourth-order valence-electron chi connectivity index (χ4n) is 1.30. The van der Waals surface area contributed by atoms with Gasteiger partial charge in [0.15, 0.2) is 0 Å². The van der Waals surface area contributed by atoms with Crippen molar-refractivity contribution in [2.45, 2.75) is 0 Å². The van der Waals surface area contributed by atoms with Gasteiger partial charge in [0.05, 0.1) is 5.02 Å². The molecular weight excluding hydrogens is 259 g/mol. The van der Waals surface area contributed by atoms with E-state index in [9.17, 15) is 0 Å². The first-order valence-electron chi connectivity index (χ1n) is 4.96. The molecule has 5 heteroatoms. The predicted molar refractivity (Wildman–Crippen MR) is 70.3 cm³/mol. The fraction of sp³-hybridized carbons (Fsp3) is 0.0833. The van der Waals surface area contributed by atoms with E-state index >= 15 is 0 Å². The van der Waals surface area contributed by atoms with Crippen LogP contribution in [0, 0.1) is 0 Å². The molecule has 0 saturated carbocycles. The third-order valence-electron chi connectivity index (χ3n) is 2.13.